The molecule has 1 fully saturated rings. The lowest BCUT2D eigenvalue weighted by Gasteiger charge is -2.36. The van der Waals surface area contributed by atoms with Crippen molar-refractivity contribution in [3.8, 4) is 0 Å². The van der Waals surface area contributed by atoms with Crippen LogP contribution in [-0.2, 0) is 16.7 Å². The topological polar surface area (TPSA) is 29.5 Å². The Labute approximate surface area is 108 Å². The van der Waals surface area contributed by atoms with Gasteiger partial charge in [0.25, 0.3) is 0 Å². The minimum absolute atomic E-state index is 0.201. The third-order valence-electron chi connectivity index (χ3n) is 6.17. The number of hydrogen-bond acceptors (Lipinski definition) is 2. The fourth-order valence-corrected chi connectivity index (χ4v) is 4.74. The van der Waals surface area contributed by atoms with E-state index < -0.39 is 7.12 Å². The minimum Gasteiger partial charge on any atom is -0.423 e. The van der Waals surface area contributed by atoms with Gasteiger partial charge in [-0.1, -0.05) is 32.9 Å². The Hall–Kier alpha value is -0.795. The molecule has 4 rings (SSSR count). The van der Waals surface area contributed by atoms with Crippen LogP contribution in [0.3, 0.4) is 0 Å². The summed E-state index contributed by atoms with van der Waals surface area (Å²) in [6, 6.07) is 4.44. The quantitative estimate of drug-likeness (QED) is 0.706. The molecule has 1 aromatic carbocycles. The summed E-state index contributed by atoms with van der Waals surface area (Å²) in [6.45, 7) is 7.72. The number of hydrogen-bond donors (Lipinski definition) is 1. The van der Waals surface area contributed by atoms with E-state index >= 15 is 0 Å². The zero-order valence-electron chi connectivity index (χ0n) is 11.3. The summed E-state index contributed by atoms with van der Waals surface area (Å²) in [5, 5.41) is 10.1. The van der Waals surface area contributed by atoms with Crippen LogP contribution in [0.1, 0.15) is 56.2 Å². The van der Waals surface area contributed by atoms with Crippen molar-refractivity contribution in [3.63, 3.8) is 0 Å². The summed E-state index contributed by atoms with van der Waals surface area (Å²) in [7, 11) is -0.707. The van der Waals surface area contributed by atoms with E-state index in [0.717, 1.165) is 5.46 Å². The predicted octanol–water partition coefficient (Wildman–Crippen LogP) is 2.08. The molecule has 0 spiro atoms. The standard InChI is InChI=1S/C15H19BO2/c1-14(2)11-6-7-15(14,3)12-10(11)5-4-9-8-18-16(17)13(9)12/h4-5,11,17H,6-8H2,1-3H3/t11?,15-/m1/s1. The van der Waals surface area contributed by atoms with Crippen LogP contribution >= 0.6 is 0 Å². The van der Waals surface area contributed by atoms with E-state index in [9.17, 15) is 5.02 Å². The average Bonchev–Trinajstić information content (AvgIpc) is 2.85. The molecule has 94 valence electrons. The van der Waals surface area contributed by atoms with Crippen molar-refractivity contribution in [3.05, 3.63) is 28.8 Å². The molecule has 2 aliphatic carbocycles. The van der Waals surface area contributed by atoms with E-state index in [-0.39, 0.29) is 5.41 Å². The molecule has 0 radical (unpaired) electrons. The summed E-state index contributed by atoms with van der Waals surface area (Å²) in [4.78, 5) is 0. The van der Waals surface area contributed by atoms with Crippen molar-refractivity contribution in [1.82, 2.24) is 0 Å². The second-order valence-corrected chi connectivity index (χ2v) is 6.91. The molecular weight excluding hydrogens is 223 g/mol. The molecule has 1 aliphatic heterocycles. The molecular formula is C15H19BO2. The van der Waals surface area contributed by atoms with Crippen molar-refractivity contribution < 1.29 is 9.68 Å². The summed E-state index contributed by atoms with van der Waals surface area (Å²) in [6.07, 6.45) is 2.52. The lowest BCUT2D eigenvalue weighted by atomic mass is 9.63. The zero-order chi connectivity index (χ0) is 12.7. The fraction of sp³-hybridized carbons (Fsp3) is 0.600. The van der Waals surface area contributed by atoms with Crippen molar-refractivity contribution in [2.24, 2.45) is 5.41 Å². The molecule has 1 aromatic rings. The monoisotopic (exact) mass is 242 g/mol. The highest BCUT2D eigenvalue weighted by atomic mass is 16.5. The van der Waals surface area contributed by atoms with Gasteiger partial charge in [0.15, 0.2) is 0 Å². The van der Waals surface area contributed by atoms with E-state index in [1.165, 1.54) is 29.5 Å². The minimum atomic E-state index is -0.707. The first-order valence-corrected chi connectivity index (χ1v) is 6.92. The van der Waals surface area contributed by atoms with Gasteiger partial charge in [-0.3, -0.25) is 0 Å². The fourth-order valence-electron chi connectivity index (χ4n) is 4.74. The van der Waals surface area contributed by atoms with Crippen LogP contribution < -0.4 is 5.46 Å². The Bertz CT molecular complexity index is 552. The van der Waals surface area contributed by atoms with Crippen LogP contribution in [0.25, 0.3) is 0 Å². The smallest absolute Gasteiger partial charge is 0.423 e. The molecule has 0 aromatic heterocycles. The van der Waals surface area contributed by atoms with Gasteiger partial charge < -0.3 is 9.68 Å². The molecule has 0 saturated heterocycles. The Kier molecular flexibility index (Phi) is 1.86. The predicted molar refractivity (Wildman–Crippen MR) is 71.9 cm³/mol. The van der Waals surface area contributed by atoms with E-state index in [1.54, 1.807) is 0 Å². The molecule has 2 bridgehead atoms. The highest BCUT2D eigenvalue weighted by Crippen LogP contribution is 2.67. The zero-order valence-corrected chi connectivity index (χ0v) is 11.3. The van der Waals surface area contributed by atoms with Crippen LogP contribution in [0.4, 0.5) is 0 Å². The molecule has 0 amide bonds. The number of benzene rings is 1. The summed E-state index contributed by atoms with van der Waals surface area (Å²) < 4.78 is 5.42. The van der Waals surface area contributed by atoms with Gasteiger partial charge in [-0.15, -0.1) is 0 Å². The maximum atomic E-state index is 10.1. The highest BCUT2D eigenvalue weighted by Gasteiger charge is 2.61. The van der Waals surface area contributed by atoms with Gasteiger partial charge in [-0.05, 0) is 51.7 Å². The van der Waals surface area contributed by atoms with Crippen molar-refractivity contribution in [1.29, 1.82) is 0 Å². The maximum absolute atomic E-state index is 10.1. The van der Waals surface area contributed by atoms with Crippen molar-refractivity contribution >= 4 is 12.6 Å². The van der Waals surface area contributed by atoms with Crippen LogP contribution in [0, 0.1) is 5.41 Å². The Balaban J connectivity index is 2.05. The van der Waals surface area contributed by atoms with E-state index in [4.69, 9.17) is 4.65 Å². The van der Waals surface area contributed by atoms with Gasteiger partial charge in [-0.2, -0.15) is 0 Å². The van der Waals surface area contributed by atoms with Crippen LogP contribution in [0.15, 0.2) is 12.1 Å². The Morgan fingerprint density at radius 1 is 1.33 bits per heavy atom. The van der Waals surface area contributed by atoms with Gasteiger partial charge in [0, 0.05) is 0 Å². The maximum Gasteiger partial charge on any atom is 0.492 e. The first kappa shape index (κ1) is 11.1. The molecule has 18 heavy (non-hydrogen) atoms. The Morgan fingerprint density at radius 2 is 2.11 bits per heavy atom. The summed E-state index contributed by atoms with van der Waals surface area (Å²) in [5.74, 6) is 0.649. The van der Waals surface area contributed by atoms with Gasteiger partial charge in [0.2, 0.25) is 0 Å². The Morgan fingerprint density at radius 3 is 2.89 bits per heavy atom. The third kappa shape index (κ3) is 0.971. The molecule has 3 heteroatoms. The first-order valence-electron chi connectivity index (χ1n) is 6.92. The van der Waals surface area contributed by atoms with Crippen LogP contribution in [-0.4, -0.2) is 12.1 Å². The van der Waals surface area contributed by atoms with E-state index in [2.05, 4.69) is 32.9 Å². The summed E-state index contributed by atoms with van der Waals surface area (Å²) >= 11 is 0. The molecule has 1 saturated carbocycles. The molecule has 2 nitrogen and oxygen atoms in total. The van der Waals surface area contributed by atoms with E-state index in [0.29, 0.717) is 17.9 Å². The molecule has 2 atom stereocenters. The average molecular weight is 242 g/mol. The van der Waals surface area contributed by atoms with Crippen LogP contribution in [0.5, 0.6) is 0 Å². The van der Waals surface area contributed by atoms with Crippen molar-refractivity contribution in [2.45, 2.75) is 51.6 Å². The lowest BCUT2D eigenvalue weighted by molar-refractivity contribution is 0.231. The largest absolute Gasteiger partial charge is 0.492 e. The van der Waals surface area contributed by atoms with Crippen LogP contribution in [0.2, 0.25) is 0 Å². The normalized spacial score (nSPS) is 34.9. The summed E-state index contributed by atoms with van der Waals surface area (Å²) in [5.41, 5.74) is 5.65. The second-order valence-electron chi connectivity index (χ2n) is 6.91. The van der Waals surface area contributed by atoms with Crippen molar-refractivity contribution in [2.75, 3.05) is 0 Å². The molecule has 3 aliphatic rings. The van der Waals surface area contributed by atoms with Gasteiger partial charge in [0.05, 0.1) is 6.61 Å². The third-order valence-corrected chi connectivity index (χ3v) is 6.17. The highest BCUT2D eigenvalue weighted by molar-refractivity contribution is 6.62. The second kappa shape index (κ2) is 3.02. The molecule has 1 unspecified atom stereocenters. The molecule has 1 heterocycles. The van der Waals surface area contributed by atoms with Gasteiger partial charge in [-0.25, -0.2) is 0 Å². The first-order chi connectivity index (χ1) is 8.47. The molecule has 1 N–H and O–H groups in total. The van der Waals surface area contributed by atoms with Gasteiger partial charge in [0.1, 0.15) is 0 Å². The SMILES string of the molecule is CC1(C)C2CC[C@]1(C)c1c2ccc2c1B(O)OC2. The number of fused-ring (bicyclic) bond motifs is 7. The number of rotatable bonds is 0. The lowest BCUT2D eigenvalue weighted by Crippen LogP contribution is -2.40. The van der Waals surface area contributed by atoms with Gasteiger partial charge >= 0.3 is 7.12 Å². The van der Waals surface area contributed by atoms with E-state index in [1.807, 2.05) is 0 Å².